The first-order valence-corrected chi connectivity index (χ1v) is 6.27. The number of hydrogen-bond donors (Lipinski definition) is 1. The summed E-state index contributed by atoms with van der Waals surface area (Å²) >= 11 is 0. The Kier molecular flexibility index (Phi) is 2.68. The molecule has 2 fully saturated rings. The Labute approximate surface area is 101 Å². The molecule has 2 aliphatic heterocycles. The van der Waals surface area contributed by atoms with Gasteiger partial charge in [0.25, 0.3) is 0 Å². The summed E-state index contributed by atoms with van der Waals surface area (Å²) in [5, 5.41) is 3.41. The van der Waals surface area contributed by atoms with E-state index in [-0.39, 0.29) is 11.2 Å². The van der Waals surface area contributed by atoms with Crippen molar-refractivity contribution in [2.45, 2.75) is 18.8 Å². The summed E-state index contributed by atoms with van der Waals surface area (Å²) in [6, 6.07) is 5.52. The molecule has 1 aromatic rings. The quantitative estimate of drug-likeness (QED) is 0.846. The summed E-state index contributed by atoms with van der Waals surface area (Å²) in [4.78, 5) is 0. The fourth-order valence-corrected chi connectivity index (χ4v) is 3.04. The molecule has 2 heterocycles. The van der Waals surface area contributed by atoms with Crippen LogP contribution < -0.4 is 5.32 Å². The maximum Gasteiger partial charge on any atom is 0.126 e. The molecule has 0 spiro atoms. The zero-order valence-electron chi connectivity index (χ0n) is 10.1. The van der Waals surface area contributed by atoms with Crippen molar-refractivity contribution in [3.63, 3.8) is 0 Å². The largest absolute Gasteiger partial charge is 0.379 e. The third-order valence-electron chi connectivity index (χ3n) is 4.29. The molecule has 0 saturated carbocycles. The van der Waals surface area contributed by atoms with E-state index >= 15 is 0 Å². The summed E-state index contributed by atoms with van der Waals surface area (Å²) in [6.45, 7) is 5.54. The molecule has 3 rings (SSSR count). The highest BCUT2D eigenvalue weighted by Crippen LogP contribution is 2.42. The lowest BCUT2D eigenvalue weighted by atomic mass is 9.68. The SMILES string of the molecule is Cc1cc(C2(C3CCNC3)COC2)ccc1F. The van der Waals surface area contributed by atoms with Gasteiger partial charge in [0, 0.05) is 5.41 Å². The summed E-state index contributed by atoms with van der Waals surface area (Å²) in [7, 11) is 0. The van der Waals surface area contributed by atoms with Gasteiger partial charge in [-0.25, -0.2) is 4.39 Å². The molecule has 0 radical (unpaired) electrons. The van der Waals surface area contributed by atoms with Gasteiger partial charge < -0.3 is 10.1 Å². The van der Waals surface area contributed by atoms with Gasteiger partial charge in [0.05, 0.1) is 13.2 Å². The molecule has 1 unspecified atom stereocenters. The first-order chi connectivity index (χ1) is 8.22. The molecule has 0 bridgehead atoms. The van der Waals surface area contributed by atoms with Crippen LogP contribution in [0.3, 0.4) is 0 Å². The van der Waals surface area contributed by atoms with Crippen molar-refractivity contribution < 1.29 is 9.13 Å². The van der Waals surface area contributed by atoms with Crippen molar-refractivity contribution >= 4 is 0 Å². The summed E-state index contributed by atoms with van der Waals surface area (Å²) in [5.74, 6) is 0.509. The van der Waals surface area contributed by atoms with Crippen LogP contribution in [0, 0.1) is 18.7 Å². The minimum absolute atomic E-state index is 0.117. The molecule has 3 heteroatoms. The molecule has 0 aromatic heterocycles. The van der Waals surface area contributed by atoms with Gasteiger partial charge in [0.2, 0.25) is 0 Å². The van der Waals surface area contributed by atoms with Crippen molar-refractivity contribution in [3.05, 3.63) is 35.1 Å². The topological polar surface area (TPSA) is 21.3 Å². The predicted molar refractivity (Wildman–Crippen MR) is 64.6 cm³/mol. The lowest BCUT2D eigenvalue weighted by molar-refractivity contribution is -0.0869. The normalized spacial score (nSPS) is 26.8. The van der Waals surface area contributed by atoms with E-state index < -0.39 is 0 Å². The molecular formula is C14H18FNO. The molecule has 1 N–H and O–H groups in total. The maximum absolute atomic E-state index is 13.3. The van der Waals surface area contributed by atoms with Crippen molar-refractivity contribution in [2.24, 2.45) is 5.92 Å². The third kappa shape index (κ3) is 1.69. The van der Waals surface area contributed by atoms with Gasteiger partial charge >= 0.3 is 0 Å². The molecule has 17 heavy (non-hydrogen) atoms. The van der Waals surface area contributed by atoms with E-state index in [0.29, 0.717) is 5.92 Å². The molecule has 1 atom stereocenters. The highest BCUT2D eigenvalue weighted by Gasteiger charge is 2.47. The number of halogens is 1. The lowest BCUT2D eigenvalue weighted by Crippen LogP contribution is -2.53. The van der Waals surface area contributed by atoms with Crippen LogP contribution in [0.4, 0.5) is 4.39 Å². The predicted octanol–water partition coefficient (Wildman–Crippen LogP) is 2.01. The molecule has 2 saturated heterocycles. The monoisotopic (exact) mass is 235 g/mol. The van der Waals surface area contributed by atoms with Gasteiger partial charge in [-0.3, -0.25) is 0 Å². The van der Waals surface area contributed by atoms with E-state index in [4.69, 9.17) is 4.74 Å². The van der Waals surface area contributed by atoms with Gasteiger partial charge in [-0.15, -0.1) is 0 Å². The first-order valence-electron chi connectivity index (χ1n) is 6.27. The molecule has 92 valence electrons. The average Bonchev–Trinajstić information content (AvgIpc) is 2.75. The van der Waals surface area contributed by atoms with Gasteiger partial charge in [-0.2, -0.15) is 0 Å². The Morgan fingerprint density at radius 2 is 2.24 bits per heavy atom. The number of ether oxygens (including phenoxy) is 1. The lowest BCUT2D eigenvalue weighted by Gasteiger charge is -2.46. The van der Waals surface area contributed by atoms with Gasteiger partial charge in [0.15, 0.2) is 0 Å². The first kappa shape index (κ1) is 11.2. The van der Waals surface area contributed by atoms with E-state index in [0.717, 1.165) is 31.9 Å². The van der Waals surface area contributed by atoms with Crippen LogP contribution in [-0.4, -0.2) is 26.3 Å². The number of benzene rings is 1. The summed E-state index contributed by atoms with van der Waals surface area (Å²) in [5.41, 5.74) is 2.11. The summed E-state index contributed by atoms with van der Waals surface area (Å²) in [6.07, 6.45) is 1.19. The number of nitrogens with one attached hydrogen (secondary N) is 1. The van der Waals surface area contributed by atoms with E-state index in [2.05, 4.69) is 5.32 Å². The van der Waals surface area contributed by atoms with Crippen LogP contribution >= 0.6 is 0 Å². The minimum atomic E-state index is -0.117. The smallest absolute Gasteiger partial charge is 0.126 e. The fraction of sp³-hybridized carbons (Fsp3) is 0.571. The van der Waals surface area contributed by atoms with Crippen LogP contribution in [0.1, 0.15) is 17.5 Å². The van der Waals surface area contributed by atoms with E-state index in [1.165, 1.54) is 12.0 Å². The molecule has 0 aliphatic carbocycles. The van der Waals surface area contributed by atoms with Crippen LogP contribution in [0.5, 0.6) is 0 Å². The van der Waals surface area contributed by atoms with Gasteiger partial charge in [-0.1, -0.05) is 12.1 Å². The average molecular weight is 235 g/mol. The van der Waals surface area contributed by atoms with Crippen LogP contribution in [0.15, 0.2) is 18.2 Å². The maximum atomic E-state index is 13.3. The Bertz CT molecular complexity index is 422. The Morgan fingerprint density at radius 3 is 2.76 bits per heavy atom. The van der Waals surface area contributed by atoms with Gasteiger partial charge in [-0.05, 0) is 49.5 Å². The van der Waals surface area contributed by atoms with Crippen LogP contribution in [0.2, 0.25) is 0 Å². The van der Waals surface area contributed by atoms with Crippen LogP contribution in [-0.2, 0) is 10.2 Å². The highest BCUT2D eigenvalue weighted by atomic mass is 19.1. The molecule has 1 aromatic carbocycles. The Balaban J connectivity index is 1.96. The second-order valence-corrected chi connectivity index (χ2v) is 5.30. The van der Waals surface area contributed by atoms with E-state index in [1.807, 2.05) is 19.1 Å². The van der Waals surface area contributed by atoms with E-state index in [9.17, 15) is 4.39 Å². The number of hydrogen-bond acceptors (Lipinski definition) is 2. The molecule has 2 aliphatic rings. The fourth-order valence-electron chi connectivity index (χ4n) is 3.04. The Hall–Kier alpha value is -0.930. The third-order valence-corrected chi connectivity index (χ3v) is 4.29. The van der Waals surface area contributed by atoms with E-state index in [1.54, 1.807) is 6.07 Å². The highest BCUT2D eigenvalue weighted by molar-refractivity contribution is 5.34. The summed E-state index contributed by atoms with van der Waals surface area (Å²) < 4.78 is 18.8. The van der Waals surface area contributed by atoms with Crippen molar-refractivity contribution in [3.8, 4) is 0 Å². The van der Waals surface area contributed by atoms with Crippen molar-refractivity contribution in [1.82, 2.24) is 5.32 Å². The minimum Gasteiger partial charge on any atom is -0.379 e. The molecule has 0 amide bonds. The second-order valence-electron chi connectivity index (χ2n) is 5.30. The van der Waals surface area contributed by atoms with Crippen molar-refractivity contribution in [1.29, 1.82) is 0 Å². The number of aryl methyl sites for hydroxylation is 1. The second kappa shape index (κ2) is 4.07. The zero-order valence-corrected chi connectivity index (χ0v) is 10.1. The molecular weight excluding hydrogens is 217 g/mol. The molecule has 2 nitrogen and oxygen atoms in total. The standard InChI is InChI=1S/C14H18FNO/c1-10-6-11(2-3-13(10)15)14(8-17-9-14)12-4-5-16-7-12/h2-3,6,12,16H,4-5,7-9H2,1H3. The van der Waals surface area contributed by atoms with Crippen LogP contribution in [0.25, 0.3) is 0 Å². The Morgan fingerprint density at radius 1 is 1.41 bits per heavy atom. The van der Waals surface area contributed by atoms with Gasteiger partial charge in [0.1, 0.15) is 5.82 Å². The van der Waals surface area contributed by atoms with Crippen molar-refractivity contribution in [2.75, 3.05) is 26.3 Å². The zero-order chi connectivity index (χ0) is 11.9. The number of rotatable bonds is 2.